The molecular formula is C11H14F2N4O2S. The number of pyridine rings is 1. The minimum Gasteiger partial charge on any atom is -0.368 e. The first-order valence-electron chi connectivity index (χ1n) is 5.94. The summed E-state index contributed by atoms with van der Waals surface area (Å²) in [6, 6.07) is 4.98. The van der Waals surface area contributed by atoms with Gasteiger partial charge in [0.15, 0.2) is 10.8 Å². The van der Waals surface area contributed by atoms with E-state index in [4.69, 9.17) is 0 Å². The molecule has 0 fully saturated rings. The van der Waals surface area contributed by atoms with Crippen molar-refractivity contribution < 1.29 is 17.2 Å². The van der Waals surface area contributed by atoms with Gasteiger partial charge in [0.25, 0.3) is 16.4 Å². The summed E-state index contributed by atoms with van der Waals surface area (Å²) < 4.78 is 51.9. The van der Waals surface area contributed by atoms with Crippen LogP contribution in [-0.2, 0) is 10.0 Å². The van der Waals surface area contributed by atoms with Crippen LogP contribution >= 0.6 is 0 Å². The molecule has 2 aromatic rings. The van der Waals surface area contributed by atoms with Crippen LogP contribution in [0, 0.1) is 0 Å². The molecule has 2 aromatic heterocycles. The molecule has 0 atom stereocenters. The van der Waals surface area contributed by atoms with Gasteiger partial charge in [-0.05, 0) is 19.1 Å². The van der Waals surface area contributed by atoms with Crippen LogP contribution in [0.2, 0.25) is 0 Å². The SMILES string of the molecule is CCNc1nc2ccccn2c1S(=O)(=O)NCC(F)F. The van der Waals surface area contributed by atoms with Crippen LogP contribution < -0.4 is 10.0 Å². The largest absolute Gasteiger partial charge is 0.368 e. The van der Waals surface area contributed by atoms with Crippen LogP contribution in [0.5, 0.6) is 0 Å². The summed E-state index contributed by atoms with van der Waals surface area (Å²) in [6.45, 7) is 1.31. The number of alkyl halides is 2. The van der Waals surface area contributed by atoms with Gasteiger partial charge in [-0.15, -0.1) is 0 Å². The number of anilines is 1. The summed E-state index contributed by atoms with van der Waals surface area (Å²) in [4.78, 5) is 4.14. The molecule has 0 saturated carbocycles. The summed E-state index contributed by atoms with van der Waals surface area (Å²) in [5.74, 6) is 0.139. The van der Waals surface area contributed by atoms with Crippen LogP contribution in [0.25, 0.3) is 5.65 Å². The number of rotatable bonds is 6. The zero-order chi connectivity index (χ0) is 14.8. The van der Waals surface area contributed by atoms with Crippen molar-refractivity contribution in [2.24, 2.45) is 0 Å². The Labute approximate surface area is 114 Å². The Hall–Kier alpha value is -1.74. The van der Waals surface area contributed by atoms with Crippen molar-refractivity contribution >= 4 is 21.5 Å². The van der Waals surface area contributed by atoms with E-state index < -0.39 is 23.0 Å². The van der Waals surface area contributed by atoms with Gasteiger partial charge in [-0.3, -0.25) is 4.40 Å². The van der Waals surface area contributed by atoms with Gasteiger partial charge >= 0.3 is 0 Å². The fourth-order valence-corrected chi connectivity index (χ4v) is 3.02. The van der Waals surface area contributed by atoms with E-state index in [1.807, 2.05) is 4.72 Å². The number of imidazole rings is 1. The monoisotopic (exact) mass is 304 g/mol. The molecule has 20 heavy (non-hydrogen) atoms. The molecule has 0 spiro atoms. The summed E-state index contributed by atoms with van der Waals surface area (Å²) >= 11 is 0. The van der Waals surface area contributed by atoms with E-state index in [-0.39, 0.29) is 10.8 Å². The molecule has 2 N–H and O–H groups in total. The number of aromatic nitrogens is 2. The second-order valence-electron chi connectivity index (χ2n) is 3.97. The molecule has 2 rings (SSSR count). The number of halogens is 2. The molecule has 0 saturated heterocycles. The van der Waals surface area contributed by atoms with Crippen LogP contribution in [0.15, 0.2) is 29.4 Å². The van der Waals surface area contributed by atoms with Gasteiger partial charge in [0.1, 0.15) is 5.65 Å². The maximum absolute atomic E-state index is 12.2. The Bertz CT molecular complexity index is 700. The van der Waals surface area contributed by atoms with Crippen molar-refractivity contribution in [3.63, 3.8) is 0 Å². The average molecular weight is 304 g/mol. The van der Waals surface area contributed by atoms with Crippen LogP contribution in [0.3, 0.4) is 0 Å². The average Bonchev–Trinajstić information content (AvgIpc) is 2.75. The van der Waals surface area contributed by atoms with Gasteiger partial charge < -0.3 is 5.32 Å². The second kappa shape index (κ2) is 5.71. The fourth-order valence-electron chi connectivity index (χ4n) is 1.75. The molecule has 0 radical (unpaired) electrons. The van der Waals surface area contributed by atoms with Gasteiger partial charge in [0.05, 0.1) is 6.54 Å². The number of sulfonamides is 1. The third kappa shape index (κ3) is 2.88. The number of hydrogen-bond acceptors (Lipinski definition) is 4. The fraction of sp³-hybridized carbons (Fsp3) is 0.364. The van der Waals surface area contributed by atoms with Crippen molar-refractivity contribution in [1.82, 2.24) is 14.1 Å². The Morgan fingerprint density at radius 1 is 1.40 bits per heavy atom. The van der Waals surface area contributed by atoms with Crippen molar-refractivity contribution in [2.45, 2.75) is 18.4 Å². The number of nitrogens with one attached hydrogen (secondary N) is 2. The highest BCUT2D eigenvalue weighted by atomic mass is 32.2. The first kappa shape index (κ1) is 14.7. The maximum atomic E-state index is 12.2. The zero-order valence-electron chi connectivity index (χ0n) is 10.7. The summed E-state index contributed by atoms with van der Waals surface area (Å²) in [5.41, 5.74) is 0.417. The smallest absolute Gasteiger partial charge is 0.260 e. The normalized spacial score (nSPS) is 12.2. The number of hydrogen-bond donors (Lipinski definition) is 2. The summed E-state index contributed by atoms with van der Waals surface area (Å²) in [6.07, 6.45) is -1.24. The molecule has 0 aliphatic heterocycles. The molecule has 0 unspecified atom stereocenters. The molecule has 2 heterocycles. The molecular weight excluding hydrogens is 290 g/mol. The minimum atomic E-state index is -4.08. The Morgan fingerprint density at radius 2 is 2.15 bits per heavy atom. The summed E-state index contributed by atoms with van der Waals surface area (Å²) in [7, 11) is -4.08. The predicted octanol–water partition coefficient (Wildman–Crippen LogP) is 1.31. The molecule has 0 bridgehead atoms. The molecule has 0 aromatic carbocycles. The predicted molar refractivity (Wildman–Crippen MR) is 70.5 cm³/mol. The number of nitrogens with zero attached hydrogens (tertiary/aromatic N) is 2. The lowest BCUT2D eigenvalue weighted by Gasteiger charge is -2.08. The second-order valence-corrected chi connectivity index (χ2v) is 5.65. The highest BCUT2D eigenvalue weighted by molar-refractivity contribution is 7.89. The van der Waals surface area contributed by atoms with E-state index in [1.165, 1.54) is 10.6 Å². The van der Waals surface area contributed by atoms with Gasteiger partial charge in [-0.25, -0.2) is 26.9 Å². The Morgan fingerprint density at radius 3 is 2.80 bits per heavy atom. The van der Waals surface area contributed by atoms with E-state index in [0.717, 1.165) is 0 Å². The van der Waals surface area contributed by atoms with Gasteiger partial charge in [0, 0.05) is 12.7 Å². The molecule has 0 amide bonds. The zero-order valence-corrected chi connectivity index (χ0v) is 11.5. The molecule has 0 aliphatic rings. The topological polar surface area (TPSA) is 75.5 Å². The van der Waals surface area contributed by atoms with E-state index >= 15 is 0 Å². The lowest BCUT2D eigenvalue weighted by Crippen LogP contribution is -2.30. The number of fused-ring (bicyclic) bond motifs is 1. The minimum absolute atomic E-state index is 0.139. The highest BCUT2D eigenvalue weighted by Gasteiger charge is 2.25. The van der Waals surface area contributed by atoms with Crippen molar-refractivity contribution in [2.75, 3.05) is 18.4 Å². The van der Waals surface area contributed by atoms with E-state index in [2.05, 4.69) is 10.3 Å². The molecule has 110 valence electrons. The van der Waals surface area contributed by atoms with Gasteiger partial charge in [-0.1, -0.05) is 6.07 Å². The van der Waals surface area contributed by atoms with E-state index in [9.17, 15) is 17.2 Å². The van der Waals surface area contributed by atoms with Gasteiger partial charge in [0.2, 0.25) is 0 Å². The Kier molecular flexibility index (Phi) is 4.19. The Balaban J connectivity index is 2.53. The van der Waals surface area contributed by atoms with E-state index in [1.54, 1.807) is 25.1 Å². The maximum Gasteiger partial charge on any atom is 0.260 e. The van der Waals surface area contributed by atoms with Crippen molar-refractivity contribution in [1.29, 1.82) is 0 Å². The first-order valence-corrected chi connectivity index (χ1v) is 7.42. The first-order chi connectivity index (χ1) is 9.45. The molecule has 0 aliphatic carbocycles. The van der Waals surface area contributed by atoms with Gasteiger partial charge in [-0.2, -0.15) is 0 Å². The van der Waals surface area contributed by atoms with Crippen LogP contribution in [0.1, 0.15) is 6.92 Å². The third-order valence-corrected chi connectivity index (χ3v) is 3.96. The van der Waals surface area contributed by atoms with Crippen molar-refractivity contribution in [3.8, 4) is 0 Å². The van der Waals surface area contributed by atoms with Crippen LogP contribution in [-0.4, -0.2) is 37.3 Å². The quantitative estimate of drug-likeness (QED) is 0.844. The third-order valence-electron chi connectivity index (χ3n) is 2.51. The molecule has 6 nitrogen and oxygen atoms in total. The summed E-state index contributed by atoms with van der Waals surface area (Å²) in [5, 5.41) is 2.65. The lowest BCUT2D eigenvalue weighted by molar-refractivity contribution is 0.153. The van der Waals surface area contributed by atoms with Crippen molar-refractivity contribution in [3.05, 3.63) is 24.4 Å². The highest BCUT2D eigenvalue weighted by Crippen LogP contribution is 2.22. The van der Waals surface area contributed by atoms with E-state index in [0.29, 0.717) is 12.2 Å². The molecule has 9 heteroatoms. The standard InChI is InChI=1S/C11H14F2N4O2S/c1-2-14-10-11(20(18,19)15-7-8(12)13)17-6-4-3-5-9(17)16-10/h3-6,8,14-15H,2,7H2,1H3. The lowest BCUT2D eigenvalue weighted by atomic mass is 10.5. The van der Waals surface area contributed by atoms with Crippen LogP contribution in [0.4, 0.5) is 14.6 Å².